The molecule has 0 spiro atoms. The number of carbonyl (C=O) groups is 1. The highest BCUT2D eigenvalue weighted by Crippen LogP contribution is 2.16. The molecule has 0 bridgehead atoms. The third-order valence-electron chi connectivity index (χ3n) is 2.87. The summed E-state index contributed by atoms with van der Waals surface area (Å²) in [7, 11) is 1.57. The normalized spacial score (nSPS) is 10.7. The first-order chi connectivity index (χ1) is 10.1. The van der Waals surface area contributed by atoms with E-state index in [0.29, 0.717) is 18.8 Å². The molecule has 2 aromatic rings. The van der Waals surface area contributed by atoms with Crippen LogP contribution >= 0.6 is 0 Å². The lowest BCUT2D eigenvalue weighted by Crippen LogP contribution is -2.31. The van der Waals surface area contributed by atoms with Crippen LogP contribution in [-0.2, 0) is 9.53 Å². The molecule has 1 aromatic carbocycles. The van der Waals surface area contributed by atoms with E-state index >= 15 is 0 Å². The number of aromatic amines is 2. The molecule has 0 saturated heterocycles. The van der Waals surface area contributed by atoms with Gasteiger partial charge in [-0.05, 0) is 12.1 Å². The Kier molecular flexibility index (Phi) is 4.85. The van der Waals surface area contributed by atoms with Gasteiger partial charge in [0, 0.05) is 13.7 Å². The molecule has 1 aromatic heterocycles. The average Bonchev–Trinajstić information content (AvgIpc) is 2.48. The van der Waals surface area contributed by atoms with E-state index < -0.39 is 11.1 Å². The van der Waals surface area contributed by atoms with Gasteiger partial charge in [-0.2, -0.15) is 0 Å². The van der Waals surface area contributed by atoms with E-state index in [9.17, 15) is 14.4 Å². The minimum atomic E-state index is -0.465. The largest absolute Gasteiger partial charge is 0.383 e. The zero-order valence-corrected chi connectivity index (χ0v) is 11.5. The van der Waals surface area contributed by atoms with Crippen LogP contribution in [0.2, 0.25) is 0 Å². The molecule has 0 aliphatic heterocycles. The monoisotopic (exact) mass is 292 g/mol. The third-order valence-corrected chi connectivity index (χ3v) is 2.87. The highest BCUT2D eigenvalue weighted by molar-refractivity contribution is 6.02. The predicted molar refractivity (Wildman–Crippen MR) is 78.6 cm³/mol. The van der Waals surface area contributed by atoms with Crippen LogP contribution in [0.15, 0.2) is 27.8 Å². The summed E-state index contributed by atoms with van der Waals surface area (Å²) in [5, 5.41) is 10.4. The van der Waals surface area contributed by atoms with Crippen LogP contribution in [0, 0.1) is 0 Å². The highest BCUT2D eigenvalue weighted by atomic mass is 16.5. The first kappa shape index (κ1) is 14.9. The van der Waals surface area contributed by atoms with E-state index in [2.05, 4.69) is 20.8 Å². The maximum Gasteiger partial charge on any atom is 0.272 e. The third kappa shape index (κ3) is 3.56. The molecule has 21 heavy (non-hydrogen) atoms. The minimum Gasteiger partial charge on any atom is -0.383 e. The van der Waals surface area contributed by atoms with Crippen molar-refractivity contribution < 1.29 is 9.53 Å². The van der Waals surface area contributed by atoms with Crippen LogP contribution in [0.3, 0.4) is 0 Å². The fraction of sp³-hybridized carbons (Fsp3) is 0.308. The molecular formula is C13H16N4O4. The molecular weight excluding hydrogens is 276 g/mol. The quantitative estimate of drug-likeness (QED) is 0.530. The summed E-state index contributed by atoms with van der Waals surface area (Å²) in [6.45, 7) is 1.12. The Bertz CT molecular complexity index is 750. The molecule has 1 heterocycles. The molecule has 2 rings (SSSR count). The zero-order chi connectivity index (χ0) is 15.2. The lowest BCUT2D eigenvalue weighted by Gasteiger charge is -2.08. The topological polar surface area (TPSA) is 116 Å². The van der Waals surface area contributed by atoms with E-state index in [0.717, 1.165) is 0 Å². The van der Waals surface area contributed by atoms with Crippen molar-refractivity contribution in [2.75, 3.05) is 32.1 Å². The van der Waals surface area contributed by atoms with Gasteiger partial charge in [-0.15, -0.1) is 0 Å². The van der Waals surface area contributed by atoms with Gasteiger partial charge in [-0.25, -0.2) is 0 Å². The number of ether oxygens (including phenoxy) is 1. The first-order valence-corrected chi connectivity index (χ1v) is 6.36. The number of hydrogen-bond donors (Lipinski definition) is 4. The summed E-state index contributed by atoms with van der Waals surface area (Å²) in [5.74, 6) is -0.307. The van der Waals surface area contributed by atoms with E-state index in [4.69, 9.17) is 4.74 Å². The van der Waals surface area contributed by atoms with Crippen LogP contribution in [0.1, 0.15) is 0 Å². The molecule has 4 N–H and O–H groups in total. The van der Waals surface area contributed by atoms with Gasteiger partial charge in [0.1, 0.15) is 0 Å². The second-order valence-electron chi connectivity index (χ2n) is 4.35. The van der Waals surface area contributed by atoms with Gasteiger partial charge in [0.15, 0.2) is 0 Å². The standard InChI is InChI=1S/C13H16N4O4/c1-21-6-5-14-7-10(18)15-9-4-2-3-8-11(9)13(20)17-16-12(8)19/h2-4,14H,5-7H2,1H3,(H,15,18)(H,16,19)(H,17,20). The SMILES string of the molecule is COCCNCC(=O)Nc1cccc2c(=O)[nH][nH]c(=O)c12. The molecule has 1 amide bonds. The molecule has 0 atom stereocenters. The Hall–Kier alpha value is -2.45. The van der Waals surface area contributed by atoms with Crippen molar-refractivity contribution in [3.63, 3.8) is 0 Å². The van der Waals surface area contributed by atoms with Crippen LogP contribution in [0.25, 0.3) is 10.8 Å². The van der Waals surface area contributed by atoms with Crippen molar-refractivity contribution in [3.8, 4) is 0 Å². The van der Waals surface area contributed by atoms with Gasteiger partial charge in [0.2, 0.25) is 5.91 Å². The lowest BCUT2D eigenvalue weighted by atomic mass is 10.1. The van der Waals surface area contributed by atoms with Gasteiger partial charge in [-0.3, -0.25) is 24.6 Å². The van der Waals surface area contributed by atoms with Crippen molar-refractivity contribution in [2.24, 2.45) is 0 Å². The summed E-state index contributed by atoms with van der Waals surface area (Å²) < 4.78 is 4.85. The van der Waals surface area contributed by atoms with Gasteiger partial charge >= 0.3 is 0 Å². The van der Waals surface area contributed by atoms with Crippen LogP contribution in [0.5, 0.6) is 0 Å². The molecule has 0 aliphatic rings. The number of benzene rings is 1. The van der Waals surface area contributed by atoms with Gasteiger partial charge in [-0.1, -0.05) is 6.07 Å². The summed E-state index contributed by atoms with van der Waals surface area (Å²) in [5.41, 5.74) is -0.579. The Labute approximate surface area is 119 Å². The van der Waals surface area contributed by atoms with Gasteiger partial charge < -0.3 is 15.4 Å². The van der Waals surface area contributed by atoms with Crippen molar-refractivity contribution >= 4 is 22.4 Å². The molecule has 112 valence electrons. The Morgan fingerprint density at radius 3 is 2.76 bits per heavy atom. The maximum atomic E-state index is 11.8. The Balaban J connectivity index is 2.19. The smallest absolute Gasteiger partial charge is 0.272 e. The fourth-order valence-corrected chi connectivity index (χ4v) is 1.90. The summed E-state index contributed by atoms with van der Waals surface area (Å²) in [4.78, 5) is 35.3. The minimum absolute atomic E-state index is 0.0842. The number of H-pyrrole nitrogens is 2. The Morgan fingerprint density at radius 1 is 1.24 bits per heavy atom. The van der Waals surface area contributed by atoms with Gasteiger partial charge in [0.05, 0.1) is 29.6 Å². The molecule has 0 aliphatic carbocycles. The number of rotatable bonds is 6. The van der Waals surface area contributed by atoms with E-state index in [1.54, 1.807) is 19.2 Å². The predicted octanol–water partition coefficient (Wildman–Crippen LogP) is -0.609. The zero-order valence-electron chi connectivity index (χ0n) is 11.5. The number of aromatic nitrogens is 2. The first-order valence-electron chi connectivity index (χ1n) is 6.36. The number of methoxy groups -OCH3 is 1. The molecule has 0 saturated carbocycles. The lowest BCUT2D eigenvalue weighted by molar-refractivity contribution is -0.115. The second-order valence-corrected chi connectivity index (χ2v) is 4.35. The highest BCUT2D eigenvalue weighted by Gasteiger charge is 2.10. The summed E-state index contributed by atoms with van der Waals surface area (Å²) >= 11 is 0. The number of anilines is 1. The Morgan fingerprint density at radius 2 is 2.00 bits per heavy atom. The van der Waals surface area contributed by atoms with E-state index in [-0.39, 0.29) is 23.2 Å². The number of nitrogens with one attached hydrogen (secondary N) is 4. The van der Waals surface area contributed by atoms with Crippen molar-refractivity contribution in [3.05, 3.63) is 38.9 Å². The van der Waals surface area contributed by atoms with Gasteiger partial charge in [0.25, 0.3) is 11.1 Å². The summed E-state index contributed by atoms with van der Waals surface area (Å²) in [6.07, 6.45) is 0. The van der Waals surface area contributed by atoms with E-state index in [1.165, 1.54) is 6.07 Å². The maximum absolute atomic E-state index is 11.8. The van der Waals surface area contributed by atoms with Crippen molar-refractivity contribution in [1.82, 2.24) is 15.5 Å². The molecule has 8 heteroatoms. The molecule has 8 nitrogen and oxygen atoms in total. The van der Waals surface area contributed by atoms with Crippen molar-refractivity contribution in [1.29, 1.82) is 0 Å². The van der Waals surface area contributed by atoms with Crippen LogP contribution in [0.4, 0.5) is 5.69 Å². The molecule has 0 unspecified atom stereocenters. The number of fused-ring (bicyclic) bond motifs is 1. The fourth-order valence-electron chi connectivity index (χ4n) is 1.90. The second kappa shape index (κ2) is 6.82. The van der Waals surface area contributed by atoms with E-state index in [1.807, 2.05) is 0 Å². The summed E-state index contributed by atoms with van der Waals surface area (Å²) in [6, 6.07) is 4.70. The average molecular weight is 292 g/mol. The van der Waals surface area contributed by atoms with Crippen molar-refractivity contribution in [2.45, 2.75) is 0 Å². The van der Waals surface area contributed by atoms with Crippen LogP contribution in [-0.4, -0.2) is 42.9 Å². The number of carbonyl (C=O) groups excluding carboxylic acids is 1. The molecule has 0 fully saturated rings. The molecule has 0 radical (unpaired) electrons. The number of amides is 1. The van der Waals surface area contributed by atoms with Crippen LogP contribution < -0.4 is 21.8 Å². The number of hydrogen-bond acceptors (Lipinski definition) is 5.